The number of anilines is 1. The zero-order valence-corrected chi connectivity index (χ0v) is 22.1. The number of nitrogens with zero attached hydrogens (tertiary/aromatic N) is 4. The van der Waals surface area contributed by atoms with Crippen molar-refractivity contribution in [2.45, 2.75) is 0 Å². The van der Waals surface area contributed by atoms with E-state index in [-0.39, 0.29) is 5.91 Å². The van der Waals surface area contributed by atoms with Crippen molar-refractivity contribution in [1.82, 2.24) is 9.78 Å². The minimum Gasteiger partial charge on any atom is -0.497 e. The van der Waals surface area contributed by atoms with Crippen molar-refractivity contribution in [3.05, 3.63) is 132 Å². The highest BCUT2D eigenvalue weighted by molar-refractivity contribution is 6.37. The first kappa shape index (κ1) is 24.9. The van der Waals surface area contributed by atoms with Crippen molar-refractivity contribution >= 4 is 23.4 Å². The normalized spacial score (nSPS) is 13.9. The van der Waals surface area contributed by atoms with Crippen LogP contribution < -0.4 is 14.5 Å². The molecule has 6 rings (SSSR count). The predicted octanol–water partition coefficient (Wildman–Crippen LogP) is 6.39. The van der Waals surface area contributed by atoms with Gasteiger partial charge in [-0.05, 0) is 78.9 Å². The van der Waals surface area contributed by atoms with Crippen molar-refractivity contribution in [3.8, 4) is 28.4 Å². The monoisotopic (exact) mass is 526 g/mol. The molecular formula is C33H26N4O3. The topological polar surface area (TPSA) is 69.0 Å². The van der Waals surface area contributed by atoms with E-state index in [1.807, 2.05) is 126 Å². The van der Waals surface area contributed by atoms with Crippen LogP contribution >= 0.6 is 0 Å². The number of methoxy groups -OCH3 is 2. The highest BCUT2D eigenvalue weighted by Crippen LogP contribution is 2.32. The summed E-state index contributed by atoms with van der Waals surface area (Å²) in [7, 11) is 3.26. The lowest BCUT2D eigenvalue weighted by Crippen LogP contribution is -2.21. The number of aromatic nitrogens is 2. The Morgan fingerprint density at radius 2 is 1.23 bits per heavy atom. The number of para-hydroxylation sites is 2. The molecule has 196 valence electrons. The van der Waals surface area contributed by atoms with Crippen molar-refractivity contribution < 1.29 is 14.3 Å². The van der Waals surface area contributed by atoms with Gasteiger partial charge in [-0.1, -0.05) is 36.4 Å². The highest BCUT2D eigenvalue weighted by Gasteiger charge is 2.32. The van der Waals surface area contributed by atoms with E-state index in [2.05, 4.69) is 0 Å². The van der Waals surface area contributed by atoms with Crippen LogP contribution in [0.1, 0.15) is 11.1 Å². The molecule has 0 radical (unpaired) electrons. The summed E-state index contributed by atoms with van der Waals surface area (Å²) in [6.45, 7) is 0. The van der Waals surface area contributed by atoms with Gasteiger partial charge in [-0.2, -0.15) is 15.2 Å². The molecule has 2 heterocycles. The third-order valence-electron chi connectivity index (χ3n) is 6.67. The van der Waals surface area contributed by atoms with Crippen LogP contribution in [0, 0.1) is 0 Å². The smallest absolute Gasteiger partial charge is 0.281 e. The summed E-state index contributed by atoms with van der Waals surface area (Å²) in [5, 5.41) is 11.1. The summed E-state index contributed by atoms with van der Waals surface area (Å²) >= 11 is 0. The molecule has 1 aliphatic heterocycles. The molecule has 0 atom stereocenters. The predicted molar refractivity (Wildman–Crippen MR) is 157 cm³/mol. The lowest BCUT2D eigenvalue weighted by Gasteiger charge is -2.10. The van der Waals surface area contributed by atoms with Crippen LogP contribution in [0.2, 0.25) is 0 Å². The average molecular weight is 527 g/mol. The molecule has 1 aromatic heterocycles. The zero-order chi connectivity index (χ0) is 27.5. The van der Waals surface area contributed by atoms with E-state index in [1.165, 1.54) is 5.01 Å². The van der Waals surface area contributed by atoms with Gasteiger partial charge < -0.3 is 9.47 Å². The molecule has 7 nitrogen and oxygen atoms in total. The molecule has 0 unspecified atom stereocenters. The van der Waals surface area contributed by atoms with Gasteiger partial charge in [0.25, 0.3) is 5.91 Å². The second kappa shape index (κ2) is 10.7. The molecule has 1 amide bonds. The first-order valence-electron chi connectivity index (χ1n) is 12.8. The molecule has 7 heteroatoms. The van der Waals surface area contributed by atoms with Gasteiger partial charge in [0.2, 0.25) is 0 Å². The molecule has 0 bridgehead atoms. The van der Waals surface area contributed by atoms with Crippen LogP contribution in [0.4, 0.5) is 5.69 Å². The first-order valence-corrected chi connectivity index (χ1v) is 12.8. The van der Waals surface area contributed by atoms with Gasteiger partial charge in [0.05, 0.1) is 36.9 Å². The van der Waals surface area contributed by atoms with Gasteiger partial charge in [0, 0.05) is 22.9 Å². The molecule has 1 aliphatic rings. The summed E-state index contributed by atoms with van der Waals surface area (Å²) in [5.74, 6) is 1.26. The fourth-order valence-electron chi connectivity index (χ4n) is 4.59. The van der Waals surface area contributed by atoms with E-state index in [1.54, 1.807) is 14.2 Å². The van der Waals surface area contributed by atoms with Gasteiger partial charge in [-0.15, -0.1) is 0 Å². The second-order valence-electron chi connectivity index (χ2n) is 9.13. The van der Waals surface area contributed by atoms with E-state index in [4.69, 9.17) is 19.7 Å². The van der Waals surface area contributed by atoms with Crippen molar-refractivity contribution in [2.75, 3.05) is 19.2 Å². The molecule has 0 N–H and O–H groups in total. The van der Waals surface area contributed by atoms with Crippen molar-refractivity contribution in [2.24, 2.45) is 5.10 Å². The zero-order valence-electron chi connectivity index (χ0n) is 22.1. The van der Waals surface area contributed by atoms with E-state index < -0.39 is 0 Å². The number of carbonyl (C=O) groups excluding carboxylic acids is 1. The van der Waals surface area contributed by atoms with E-state index in [9.17, 15) is 4.79 Å². The van der Waals surface area contributed by atoms with Crippen LogP contribution in [0.25, 0.3) is 23.0 Å². The number of carbonyl (C=O) groups is 1. The molecular weight excluding hydrogens is 500 g/mol. The number of benzene rings is 4. The minimum atomic E-state index is -0.217. The number of amides is 1. The first-order chi connectivity index (χ1) is 19.6. The Morgan fingerprint density at radius 1 is 0.675 bits per heavy atom. The Balaban J connectivity index is 1.51. The van der Waals surface area contributed by atoms with Crippen LogP contribution in [0.5, 0.6) is 11.5 Å². The van der Waals surface area contributed by atoms with Crippen LogP contribution in [0.3, 0.4) is 0 Å². The summed E-state index contributed by atoms with van der Waals surface area (Å²) in [4.78, 5) is 13.9. The van der Waals surface area contributed by atoms with Gasteiger partial charge >= 0.3 is 0 Å². The number of hydrazone groups is 1. The quantitative estimate of drug-likeness (QED) is 0.231. The highest BCUT2D eigenvalue weighted by atomic mass is 16.5. The van der Waals surface area contributed by atoms with Crippen LogP contribution in [-0.4, -0.2) is 35.6 Å². The molecule has 0 aliphatic carbocycles. The van der Waals surface area contributed by atoms with E-state index >= 15 is 0 Å². The third kappa shape index (κ3) is 4.76. The van der Waals surface area contributed by atoms with Crippen LogP contribution in [0.15, 0.2) is 126 Å². The maximum atomic E-state index is 13.9. The standard InChI is InChI=1S/C33H26N4O3/c1-39-28-17-13-23(14-18-28)31-25(22-36(34-31)26-9-5-3-6-10-26)21-30-32(24-15-19-29(40-2)20-16-24)35-37(33(30)38)27-11-7-4-8-12-27/h3-22H,1-2H3/b30-21-. The molecule has 0 saturated carbocycles. The summed E-state index contributed by atoms with van der Waals surface area (Å²) < 4.78 is 12.5. The Hall–Kier alpha value is -5.43. The number of rotatable bonds is 7. The Bertz CT molecular complexity index is 1710. The number of hydrogen-bond donors (Lipinski definition) is 0. The van der Waals surface area contributed by atoms with Gasteiger partial charge in [-0.3, -0.25) is 4.79 Å². The summed E-state index contributed by atoms with van der Waals surface area (Å²) in [6, 6.07) is 34.6. The lowest BCUT2D eigenvalue weighted by atomic mass is 9.99. The Labute approximate surface area is 232 Å². The molecule has 5 aromatic rings. The fourth-order valence-corrected chi connectivity index (χ4v) is 4.59. The largest absolute Gasteiger partial charge is 0.497 e. The second-order valence-corrected chi connectivity index (χ2v) is 9.13. The molecule has 0 fully saturated rings. The van der Waals surface area contributed by atoms with Gasteiger partial charge in [0.15, 0.2) is 0 Å². The maximum absolute atomic E-state index is 13.9. The third-order valence-corrected chi connectivity index (χ3v) is 6.67. The molecule has 4 aromatic carbocycles. The lowest BCUT2D eigenvalue weighted by molar-refractivity contribution is -0.114. The van der Waals surface area contributed by atoms with Gasteiger partial charge in [-0.25, -0.2) is 4.68 Å². The number of hydrogen-bond acceptors (Lipinski definition) is 5. The van der Waals surface area contributed by atoms with E-state index in [0.717, 1.165) is 39.6 Å². The van der Waals surface area contributed by atoms with E-state index in [0.29, 0.717) is 17.0 Å². The fraction of sp³-hybridized carbons (Fsp3) is 0.0606. The molecule has 40 heavy (non-hydrogen) atoms. The Kier molecular flexibility index (Phi) is 6.68. The Morgan fingerprint density at radius 3 is 1.80 bits per heavy atom. The van der Waals surface area contributed by atoms with Crippen molar-refractivity contribution in [3.63, 3.8) is 0 Å². The minimum absolute atomic E-state index is 0.217. The molecule has 0 saturated heterocycles. The summed E-state index contributed by atoms with van der Waals surface area (Å²) in [6.07, 6.45) is 3.81. The van der Waals surface area contributed by atoms with Gasteiger partial charge in [0.1, 0.15) is 17.2 Å². The van der Waals surface area contributed by atoms with Crippen molar-refractivity contribution in [1.29, 1.82) is 0 Å². The maximum Gasteiger partial charge on any atom is 0.281 e. The summed E-state index contributed by atoms with van der Waals surface area (Å²) in [5.41, 5.74) is 5.87. The SMILES string of the molecule is COc1ccc(C2=NN(c3ccccc3)C(=O)/C2=C\c2cn(-c3ccccc3)nc2-c2ccc(OC)cc2)cc1. The van der Waals surface area contributed by atoms with Crippen LogP contribution in [-0.2, 0) is 4.79 Å². The average Bonchev–Trinajstić information content (AvgIpc) is 3.59. The molecule has 0 spiro atoms. The number of ether oxygens (including phenoxy) is 2.